The van der Waals surface area contributed by atoms with Crippen molar-refractivity contribution in [2.75, 3.05) is 13.2 Å². The molecule has 1 atom stereocenters. The molecule has 7 rings (SSSR count). The predicted octanol–water partition coefficient (Wildman–Crippen LogP) is 6.51. The van der Waals surface area contributed by atoms with E-state index in [-0.39, 0.29) is 6.04 Å². The molecule has 8 nitrogen and oxygen atoms in total. The minimum atomic E-state index is -1.63. The Morgan fingerprint density at radius 1 is 0.929 bits per heavy atom. The van der Waals surface area contributed by atoms with Gasteiger partial charge in [-0.15, -0.1) is 5.10 Å². The van der Waals surface area contributed by atoms with Crippen LogP contribution in [0.25, 0.3) is 44.5 Å². The van der Waals surface area contributed by atoms with Gasteiger partial charge in [-0.05, 0) is 49.4 Å². The van der Waals surface area contributed by atoms with Crippen molar-refractivity contribution < 1.29 is 9.26 Å². The summed E-state index contributed by atoms with van der Waals surface area (Å²) in [4.78, 5) is 5.09. The van der Waals surface area contributed by atoms with Gasteiger partial charge in [0.1, 0.15) is 19.2 Å². The fraction of sp³-hybridized carbons (Fsp3) is 0.333. The molecule has 1 saturated heterocycles. The topological polar surface area (TPSA) is 83.8 Å². The second kappa shape index (κ2) is 10.3. The molecule has 0 bridgehead atoms. The average Bonchev–Trinajstić information content (AvgIpc) is 3.70. The van der Waals surface area contributed by atoms with E-state index >= 15 is 0 Å². The Morgan fingerprint density at radius 3 is 2.38 bits per heavy atom. The van der Waals surface area contributed by atoms with Gasteiger partial charge < -0.3 is 13.8 Å². The molecule has 214 valence electrons. The van der Waals surface area contributed by atoms with Gasteiger partial charge in [0.15, 0.2) is 0 Å². The van der Waals surface area contributed by atoms with E-state index in [0.29, 0.717) is 5.92 Å². The zero-order chi connectivity index (χ0) is 29.0. The fourth-order valence-electron chi connectivity index (χ4n) is 6.43. The molecule has 1 fully saturated rings. The van der Waals surface area contributed by atoms with Crippen LogP contribution in [0.5, 0.6) is 0 Å². The van der Waals surface area contributed by atoms with Crippen LogP contribution >= 0.6 is 0 Å². The maximum atomic E-state index is 5.84. The number of fused-ring (bicyclic) bond motifs is 3. The van der Waals surface area contributed by atoms with Gasteiger partial charge in [-0.1, -0.05) is 66.4 Å². The highest BCUT2D eigenvalue weighted by Crippen LogP contribution is 2.42. The Kier molecular flexibility index (Phi) is 6.59. The quantitative estimate of drug-likeness (QED) is 0.210. The lowest BCUT2D eigenvalue weighted by Gasteiger charge is -2.33. The van der Waals surface area contributed by atoms with Crippen molar-refractivity contribution in [3.63, 3.8) is 0 Å². The molecule has 1 aliphatic heterocycles. The highest BCUT2D eigenvalue weighted by Gasteiger charge is 2.31. The number of hydrogen-bond donors (Lipinski definition) is 0. The minimum Gasteiger partial charge on any atom is -0.381 e. The fourth-order valence-corrected chi connectivity index (χ4v) is 7.32. The summed E-state index contributed by atoms with van der Waals surface area (Å²) in [6, 6.07) is 22.0. The SMILES string of the molecule is Cc1nnn(C)c1-c1cnc2c3ccc(-c4cc([Si](C)(C)C)on4)cc3n([C@H](c3ccccc3)C3CCOCC3)c2c1. The standard InChI is InChI=1S/C33H36N6O2Si/c1-21-32(38(2)37-35-21)25-18-29-31(34-20-25)26-12-11-24(27-19-30(41-36-27)42(3,4)5)17-28(26)39(29)33(22-9-7-6-8-10-22)23-13-15-40-16-14-23/h6-12,17-20,23,33H,13-16H2,1-5H3/t33-/m1/s1. The molecule has 0 saturated carbocycles. The van der Waals surface area contributed by atoms with Crippen molar-refractivity contribution in [3.05, 3.63) is 78.1 Å². The maximum absolute atomic E-state index is 5.84. The predicted molar refractivity (Wildman–Crippen MR) is 169 cm³/mol. The number of benzene rings is 2. The van der Waals surface area contributed by atoms with E-state index in [4.69, 9.17) is 14.2 Å². The van der Waals surface area contributed by atoms with Crippen LogP contribution in [-0.2, 0) is 11.8 Å². The summed E-state index contributed by atoms with van der Waals surface area (Å²) in [7, 11) is 0.302. The van der Waals surface area contributed by atoms with Crippen LogP contribution in [0, 0.1) is 12.8 Å². The van der Waals surface area contributed by atoms with E-state index in [2.05, 4.69) is 100 Å². The second-order valence-electron chi connectivity index (χ2n) is 12.5. The van der Waals surface area contributed by atoms with Crippen LogP contribution in [0.4, 0.5) is 0 Å². The molecule has 1 aliphatic rings. The number of aryl methyl sites for hydroxylation is 2. The summed E-state index contributed by atoms with van der Waals surface area (Å²) in [6.07, 6.45) is 3.96. The number of nitrogens with zero attached hydrogens (tertiary/aromatic N) is 6. The lowest BCUT2D eigenvalue weighted by molar-refractivity contribution is 0.0553. The molecule has 4 aromatic heterocycles. The summed E-state index contributed by atoms with van der Waals surface area (Å²) in [5.41, 5.74) is 9.32. The van der Waals surface area contributed by atoms with Crippen LogP contribution in [0.3, 0.4) is 0 Å². The highest BCUT2D eigenvalue weighted by atomic mass is 28.3. The number of aromatic nitrogens is 6. The Labute approximate surface area is 246 Å². The number of rotatable bonds is 6. The molecule has 0 aliphatic carbocycles. The number of hydrogen-bond acceptors (Lipinski definition) is 6. The summed E-state index contributed by atoms with van der Waals surface area (Å²) in [5, 5.41) is 15.2. The molecule has 0 radical (unpaired) electrons. The van der Waals surface area contributed by atoms with Crippen LogP contribution < -0.4 is 5.38 Å². The van der Waals surface area contributed by atoms with Gasteiger partial charge in [0, 0.05) is 49.0 Å². The van der Waals surface area contributed by atoms with E-state index < -0.39 is 8.07 Å². The molecule has 9 heteroatoms. The molecule has 5 heterocycles. The van der Waals surface area contributed by atoms with Gasteiger partial charge in [-0.25, -0.2) is 4.68 Å². The van der Waals surface area contributed by atoms with Crippen molar-refractivity contribution in [1.29, 1.82) is 0 Å². The largest absolute Gasteiger partial charge is 0.381 e. The summed E-state index contributed by atoms with van der Waals surface area (Å²) < 4.78 is 16.0. The molecule has 0 spiro atoms. The summed E-state index contributed by atoms with van der Waals surface area (Å²) in [5.74, 6) is 0.415. The smallest absolute Gasteiger partial charge is 0.127 e. The van der Waals surface area contributed by atoms with Gasteiger partial charge in [-0.3, -0.25) is 4.98 Å². The third kappa shape index (κ3) is 4.57. The Hall–Kier alpha value is -4.08. The van der Waals surface area contributed by atoms with Crippen molar-refractivity contribution in [1.82, 2.24) is 29.7 Å². The zero-order valence-corrected chi connectivity index (χ0v) is 25.8. The van der Waals surface area contributed by atoms with Gasteiger partial charge >= 0.3 is 0 Å². The van der Waals surface area contributed by atoms with Crippen molar-refractivity contribution in [2.24, 2.45) is 13.0 Å². The summed E-state index contributed by atoms with van der Waals surface area (Å²) >= 11 is 0. The van der Waals surface area contributed by atoms with E-state index in [1.165, 1.54) is 5.56 Å². The molecule has 42 heavy (non-hydrogen) atoms. The molecule has 6 aromatic rings. The number of ether oxygens (including phenoxy) is 1. The van der Waals surface area contributed by atoms with Gasteiger partial charge in [-0.2, -0.15) is 0 Å². The van der Waals surface area contributed by atoms with Crippen molar-refractivity contribution in [2.45, 2.75) is 45.4 Å². The van der Waals surface area contributed by atoms with Crippen molar-refractivity contribution in [3.8, 4) is 22.5 Å². The van der Waals surface area contributed by atoms with Gasteiger partial charge in [0.05, 0.1) is 34.0 Å². The first-order valence-electron chi connectivity index (χ1n) is 14.7. The van der Waals surface area contributed by atoms with Crippen LogP contribution in [0.15, 0.2) is 71.4 Å². The monoisotopic (exact) mass is 576 g/mol. The van der Waals surface area contributed by atoms with Gasteiger partial charge in [0.2, 0.25) is 0 Å². The third-order valence-corrected chi connectivity index (χ3v) is 10.3. The first-order valence-corrected chi connectivity index (χ1v) is 18.2. The Bertz CT molecular complexity index is 1870. The van der Waals surface area contributed by atoms with Crippen LogP contribution in [0.1, 0.15) is 30.1 Å². The lowest BCUT2D eigenvalue weighted by atomic mass is 9.86. The van der Waals surface area contributed by atoms with Gasteiger partial charge in [0.25, 0.3) is 0 Å². The third-order valence-electron chi connectivity index (χ3n) is 8.58. The summed E-state index contributed by atoms with van der Waals surface area (Å²) in [6.45, 7) is 10.4. The highest BCUT2D eigenvalue weighted by molar-refractivity contribution is 6.87. The molecule has 0 amide bonds. The maximum Gasteiger partial charge on any atom is 0.127 e. The average molecular weight is 577 g/mol. The molecule has 2 aromatic carbocycles. The molecular weight excluding hydrogens is 540 g/mol. The van der Waals surface area contributed by atoms with E-state index in [9.17, 15) is 0 Å². The van der Waals surface area contributed by atoms with Crippen molar-refractivity contribution >= 4 is 35.4 Å². The van der Waals surface area contributed by atoms with E-state index in [0.717, 1.165) is 81.6 Å². The molecule has 0 N–H and O–H groups in total. The first kappa shape index (κ1) is 26.8. The Balaban J connectivity index is 1.51. The normalized spacial score (nSPS) is 15.5. The zero-order valence-electron chi connectivity index (χ0n) is 24.8. The lowest BCUT2D eigenvalue weighted by Crippen LogP contribution is -2.36. The minimum absolute atomic E-state index is 0.114. The van der Waals surface area contributed by atoms with E-state index in [1.54, 1.807) is 0 Å². The molecular formula is C33H36N6O2Si. The first-order chi connectivity index (χ1) is 20.3. The number of pyridine rings is 1. The molecule has 0 unspecified atom stereocenters. The second-order valence-corrected chi connectivity index (χ2v) is 17.5. The van der Waals surface area contributed by atoms with Crippen LogP contribution in [0.2, 0.25) is 19.6 Å². The van der Waals surface area contributed by atoms with E-state index in [1.807, 2.05) is 24.9 Å². The van der Waals surface area contributed by atoms with Crippen LogP contribution in [-0.4, -0.2) is 51.0 Å². The Morgan fingerprint density at radius 2 is 1.69 bits per heavy atom.